The van der Waals surface area contributed by atoms with Gasteiger partial charge in [-0.15, -0.1) is 0 Å². The number of nitrogens with one attached hydrogen (secondary N) is 4. The molecule has 0 aromatic carbocycles. The molecule has 1 saturated carbocycles. The summed E-state index contributed by atoms with van der Waals surface area (Å²) in [6.45, 7) is 8.02. The maximum absolute atomic E-state index is 12.4. The molecule has 1 amide bonds. The van der Waals surface area contributed by atoms with Crippen molar-refractivity contribution in [3.05, 3.63) is 77.1 Å². The fourth-order valence-electron chi connectivity index (χ4n) is 5.72. The molecule has 216 valence electrons. The molecule has 3 aromatic rings. The number of H-pyrrole nitrogens is 1. The Labute approximate surface area is 244 Å². The largest absolute Gasteiger partial charge is 0.403 e. The first kappa shape index (κ1) is 26.3. The number of nitrogens with two attached hydrogens (primary N) is 1. The van der Waals surface area contributed by atoms with Crippen LogP contribution in [0.15, 0.2) is 65.7 Å². The highest BCUT2D eigenvalue weighted by Gasteiger charge is 2.41. The summed E-state index contributed by atoms with van der Waals surface area (Å²) in [7, 11) is 2.15. The van der Waals surface area contributed by atoms with Crippen LogP contribution in [0.5, 0.6) is 0 Å². The number of hydrogen-bond acceptors (Lipinski definition) is 9. The Balaban J connectivity index is 1.29. The van der Waals surface area contributed by atoms with Gasteiger partial charge in [0.05, 0.1) is 46.9 Å². The summed E-state index contributed by atoms with van der Waals surface area (Å²) < 4.78 is 0. The lowest BCUT2D eigenvalue weighted by molar-refractivity contribution is -0.117. The van der Waals surface area contributed by atoms with Crippen LogP contribution in [0.2, 0.25) is 0 Å². The van der Waals surface area contributed by atoms with Crippen molar-refractivity contribution in [1.29, 1.82) is 0 Å². The Kier molecular flexibility index (Phi) is 6.46. The van der Waals surface area contributed by atoms with Crippen molar-refractivity contribution in [3.8, 4) is 0 Å². The van der Waals surface area contributed by atoms with Crippen molar-refractivity contribution in [2.75, 3.05) is 43.4 Å². The van der Waals surface area contributed by atoms with Crippen LogP contribution in [-0.4, -0.2) is 70.1 Å². The van der Waals surface area contributed by atoms with Crippen molar-refractivity contribution in [2.45, 2.75) is 32.9 Å². The number of imidazole rings is 1. The van der Waals surface area contributed by atoms with Crippen LogP contribution in [0.25, 0.3) is 22.2 Å². The van der Waals surface area contributed by atoms with E-state index in [-0.39, 0.29) is 18.0 Å². The molecule has 0 radical (unpaired) electrons. The number of piperazine rings is 1. The number of anilines is 2. The average molecular weight is 565 g/mol. The molecular weight excluding hydrogens is 528 g/mol. The summed E-state index contributed by atoms with van der Waals surface area (Å²) in [5, 5.41) is 9.96. The summed E-state index contributed by atoms with van der Waals surface area (Å²) in [6.07, 6.45) is 12.9. The van der Waals surface area contributed by atoms with Gasteiger partial charge in [0.25, 0.3) is 0 Å². The van der Waals surface area contributed by atoms with Gasteiger partial charge in [-0.3, -0.25) is 14.8 Å². The van der Waals surface area contributed by atoms with E-state index < -0.39 is 0 Å². The minimum atomic E-state index is 0.00757. The number of fused-ring (bicyclic) bond motifs is 2. The standard InChI is InChI=1S/C31H36N10O/c1-17(2)21(19-10-20(14-33-13-19)35-31(42)18-4-5-18)11-22-23(12-32)36-30-28(39-30)26(22)29-37-24-15-34-16-25(27(24)38-29)41-8-6-40(3)7-9-41/h10-16,18,30,36,39H,4-9,32H2,1-3H3,(H,35,42)(H,37,38)/b22-11+,23-12+. The Bertz CT molecular complexity index is 1700. The number of pyridine rings is 2. The molecule has 11 heteroatoms. The van der Waals surface area contributed by atoms with E-state index in [1.165, 1.54) is 0 Å². The van der Waals surface area contributed by atoms with E-state index in [4.69, 9.17) is 10.7 Å². The molecule has 3 aromatic heterocycles. The molecule has 3 aliphatic heterocycles. The summed E-state index contributed by atoms with van der Waals surface area (Å²) in [4.78, 5) is 34.8. The van der Waals surface area contributed by atoms with Gasteiger partial charge in [0, 0.05) is 61.2 Å². The van der Waals surface area contributed by atoms with Crippen LogP contribution in [0.4, 0.5) is 11.4 Å². The number of likely N-dealkylation sites (N-methyl/N-ethyl adjacent to an activating group) is 1. The van der Waals surface area contributed by atoms with Gasteiger partial charge in [-0.1, -0.05) is 5.57 Å². The van der Waals surface area contributed by atoms with E-state index in [0.717, 1.165) is 101 Å². The smallest absolute Gasteiger partial charge is 0.227 e. The van der Waals surface area contributed by atoms with Crippen molar-refractivity contribution in [2.24, 2.45) is 11.7 Å². The average Bonchev–Trinajstić information content (AvgIpc) is 3.92. The third-order valence-electron chi connectivity index (χ3n) is 8.35. The number of rotatable bonds is 6. The van der Waals surface area contributed by atoms with E-state index in [0.29, 0.717) is 5.69 Å². The number of aromatic amines is 1. The number of carbonyl (C=O) groups excluding carboxylic acids is 1. The maximum Gasteiger partial charge on any atom is 0.227 e. The normalized spacial score (nSPS) is 22.2. The van der Waals surface area contributed by atoms with Crippen molar-refractivity contribution in [3.63, 3.8) is 0 Å². The second-order valence-corrected chi connectivity index (χ2v) is 11.7. The van der Waals surface area contributed by atoms with Crippen molar-refractivity contribution >= 4 is 39.5 Å². The molecule has 11 nitrogen and oxygen atoms in total. The van der Waals surface area contributed by atoms with Crippen LogP contribution in [-0.2, 0) is 4.79 Å². The number of nitrogens with zero attached hydrogens (tertiary/aromatic N) is 5. The summed E-state index contributed by atoms with van der Waals surface area (Å²) >= 11 is 0. The zero-order valence-electron chi connectivity index (χ0n) is 24.2. The number of hydrogen-bond donors (Lipinski definition) is 5. The fraction of sp³-hybridized carbons (Fsp3) is 0.355. The van der Waals surface area contributed by atoms with Crippen molar-refractivity contribution < 1.29 is 4.79 Å². The molecular formula is C31H36N10O. The highest BCUT2D eigenvalue weighted by Crippen LogP contribution is 2.42. The first-order valence-electron chi connectivity index (χ1n) is 14.5. The van der Waals surface area contributed by atoms with E-state index >= 15 is 0 Å². The number of aromatic nitrogens is 4. The molecule has 42 heavy (non-hydrogen) atoms. The van der Waals surface area contributed by atoms with E-state index in [9.17, 15) is 4.79 Å². The zero-order chi connectivity index (χ0) is 29.0. The third-order valence-corrected chi connectivity index (χ3v) is 8.35. The van der Waals surface area contributed by atoms with Gasteiger partial charge < -0.3 is 36.5 Å². The molecule has 4 aliphatic rings. The molecule has 0 spiro atoms. The third kappa shape index (κ3) is 4.89. The first-order chi connectivity index (χ1) is 20.4. The second kappa shape index (κ2) is 10.3. The molecule has 2 saturated heterocycles. The number of allylic oxidation sites excluding steroid dienone is 4. The first-order valence-corrected chi connectivity index (χ1v) is 14.5. The summed E-state index contributed by atoms with van der Waals surface area (Å²) in [5.41, 5.74) is 16.5. The quantitative estimate of drug-likeness (QED) is 0.285. The number of carbonyl (C=O) groups is 1. The predicted octanol–water partition coefficient (Wildman–Crippen LogP) is 2.92. The summed E-state index contributed by atoms with van der Waals surface area (Å²) in [6, 6.07) is 1.98. The molecule has 1 atom stereocenters. The topological polar surface area (TPSA) is 150 Å². The van der Waals surface area contributed by atoms with E-state index in [1.54, 1.807) is 12.4 Å². The molecule has 0 bridgehead atoms. The van der Waals surface area contributed by atoms with Gasteiger partial charge in [0.15, 0.2) is 0 Å². The molecule has 6 heterocycles. The highest BCUT2D eigenvalue weighted by molar-refractivity contribution is 5.97. The highest BCUT2D eigenvalue weighted by atomic mass is 16.2. The lowest BCUT2D eigenvalue weighted by Gasteiger charge is -2.33. The van der Waals surface area contributed by atoms with Crippen LogP contribution >= 0.6 is 0 Å². The van der Waals surface area contributed by atoms with Crippen LogP contribution < -0.4 is 26.6 Å². The maximum atomic E-state index is 12.4. The minimum absolute atomic E-state index is 0.00757. The lowest BCUT2D eigenvalue weighted by atomic mass is 9.92. The minimum Gasteiger partial charge on any atom is -0.403 e. The monoisotopic (exact) mass is 564 g/mol. The molecule has 7 rings (SSSR count). The van der Waals surface area contributed by atoms with Gasteiger partial charge >= 0.3 is 0 Å². The molecule has 6 N–H and O–H groups in total. The second-order valence-electron chi connectivity index (χ2n) is 11.7. The SMILES string of the molecule is CC(C)=C(/C=C1/C(c2nc3c(N4CCN(C)CC4)cncc3[nH]2)=C2NC2N/C1=C/N)c1cncc(NC(=O)C2CC2)c1. The van der Waals surface area contributed by atoms with Crippen LogP contribution in [0, 0.1) is 5.92 Å². The van der Waals surface area contributed by atoms with Gasteiger partial charge in [0.1, 0.15) is 17.5 Å². The predicted molar refractivity (Wildman–Crippen MR) is 165 cm³/mol. The van der Waals surface area contributed by atoms with Crippen molar-refractivity contribution in [1.82, 2.24) is 35.5 Å². The zero-order valence-corrected chi connectivity index (χ0v) is 24.2. The van der Waals surface area contributed by atoms with E-state index in [1.807, 2.05) is 24.7 Å². The Morgan fingerprint density at radius 2 is 1.86 bits per heavy atom. The lowest BCUT2D eigenvalue weighted by Crippen LogP contribution is -2.44. The van der Waals surface area contributed by atoms with Gasteiger partial charge in [0.2, 0.25) is 5.91 Å². The molecule has 1 aliphatic carbocycles. The summed E-state index contributed by atoms with van der Waals surface area (Å²) in [5.74, 6) is 0.944. The number of amides is 1. The van der Waals surface area contributed by atoms with E-state index in [2.05, 4.69) is 67.7 Å². The molecule has 3 fully saturated rings. The Morgan fingerprint density at radius 3 is 2.60 bits per heavy atom. The Morgan fingerprint density at radius 1 is 1.07 bits per heavy atom. The van der Waals surface area contributed by atoms with Gasteiger partial charge in [-0.2, -0.15) is 0 Å². The van der Waals surface area contributed by atoms with Gasteiger partial charge in [-0.25, -0.2) is 4.98 Å². The fourth-order valence-corrected chi connectivity index (χ4v) is 5.72. The van der Waals surface area contributed by atoms with Crippen LogP contribution in [0.3, 0.4) is 0 Å². The molecule has 1 unspecified atom stereocenters. The Hall–Kier alpha value is -4.64. The van der Waals surface area contributed by atoms with Crippen LogP contribution in [0.1, 0.15) is 38.1 Å². The van der Waals surface area contributed by atoms with Gasteiger partial charge in [-0.05, 0) is 51.5 Å².